The Balaban J connectivity index is 4.05. The van der Waals surface area contributed by atoms with Crippen molar-refractivity contribution in [3.05, 3.63) is 109 Å². The molecule has 560 valence electrons. The molecule has 9 nitrogen and oxygen atoms in total. The van der Waals surface area contributed by atoms with Gasteiger partial charge in [-0.2, -0.15) is 0 Å². The molecule has 97 heavy (non-hydrogen) atoms. The number of nitrogens with zero attached hydrogens (tertiary/aromatic N) is 1. The fraction of sp³-hybridized carbons (Fsp3) is 0.761. The zero-order valence-electron chi connectivity index (χ0n) is 64.2. The van der Waals surface area contributed by atoms with Crippen LogP contribution in [0.3, 0.4) is 0 Å². The van der Waals surface area contributed by atoms with Crippen LogP contribution in [0.15, 0.2) is 109 Å². The van der Waals surface area contributed by atoms with E-state index in [0.29, 0.717) is 23.9 Å². The minimum atomic E-state index is -1.63. The Bertz CT molecular complexity index is 1970. The van der Waals surface area contributed by atoms with E-state index in [9.17, 15) is 19.5 Å². The minimum Gasteiger partial charge on any atom is -0.545 e. The van der Waals surface area contributed by atoms with Gasteiger partial charge in [-0.3, -0.25) is 9.59 Å². The average molecular weight is 1360 g/mol. The minimum absolute atomic E-state index is 0.144. The summed E-state index contributed by atoms with van der Waals surface area (Å²) in [5.74, 6) is -2.28. The number of ether oxygens (including phenoxy) is 4. The molecule has 0 bridgehead atoms. The molecule has 0 aliphatic rings. The molecule has 0 aromatic carbocycles. The zero-order valence-corrected chi connectivity index (χ0v) is 64.2. The Hall–Kier alpha value is -4.05. The summed E-state index contributed by atoms with van der Waals surface area (Å²) in [7, 11) is 5.94. The van der Waals surface area contributed by atoms with Crippen molar-refractivity contribution in [2.24, 2.45) is 0 Å². The van der Waals surface area contributed by atoms with Gasteiger partial charge in [0.1, 0.15) is 13.2 Å². The fourth-order valence-corrected chi connectivity index (χ4v) is 11.8. The van der Waals surface area contributed by atoms with Crippen LogP contribution in [0.4, 0.5) is 0 Å². The lowest BCUT2D eigenvalue weighted by molar-refractivity contribution is -0.870. The molecule has 0 rings (SSSR count). The topological polar surface area (TPSA) is 111 Å². The quantitative estimate of drug-likeness (QED) is 0.0195. The smallest absolute Gasteiger partial charge is 0.306 e. The fourth-order valence-electron chi connectivity index (χ4n) is 11.8. The summed E-state index contributed by atoms with van der Waals surface area (Å²) in [6.07, 6.45) is 106. The van der Waals surface area contributed by atoms with E-state index < -0.39 is 24.3 Å². The number of carboxylic acid groups (broad SMARTS) is 1. The van der Waals surface area contributed by atoms with Gasteiger partial charge in [-0.1, -0.05) is 386 Å². The van der Waals surface area contributed by atoms with Crippen LogP contribution in [-0.4, -0.2) is 82.3 Å². The number of hydrogen-bond acceptors (Lipinski definition) is 8. The van der Waals surface area contributed by atoms with Crippen LogP contribution in [0.25, 0.3) is 0 Å². The number of esters is 2. The molecular weight excluding hydrogens is 1200 g/mol. The van der Waals surface area contributed by atoms with Gasteiger partial charge >= 0.3 is 11.9 Å². The van der Waals surface area contributed by atoms with Crippen molar-refractivity contribution < 1.29 is 42.9 Å². The van der Waals surface area contributed by atoms with Crippen LogP contribution < -0.4 is 5.11 Å². The summed E-state index contributed by atoms with van der Waals surface area (Å²) in [6.45, 7) is 4.67. The Morgan fingerprint density at radius 2 is 0.588 bits per heavy atom. The first kappa shape index (κ1) is 93.0. The third-order valence-electron chi connectivity index (χ3n) is 18.0. The Labute approximate surface area is 600 Å². The molecule has 0 saturated heterocycles. The molecule has 0 N–H and O–H groups in total. The maximum Gasteiger partial charge on any atom is 0.306 e. The highest BCUT2D eigenvalue weighted by Crippen LogP contribution is 2.19. The summed E-state index contributed by atoms with van der Waals surface area (Å²) < 4.78 is 22.9. The summed E-state index contributed by atoms with van der Waals surface area (Å²) >= 11 is 0. The van der Waals surface area contributed by atoms with Crippen LogP contribution in [0.5, 0.6) is 0 Å². The van der Waals surface area contributed by atoms with E-state index in [1.54, 1.807) is 0 Å². The lowest BCUT2D eigenvalue weighted by Crippen LogP contribution is -2.44. The molecule has 0 aromatic rings. The average Bonchev–Trinajstić information content (AvgIpc) is 3.11. The van der Waals surface area contributed by atoms with Gasteiger partial charge in [-0.25, -0.2) is 0 Å². The Morgan fingerprint density at radius 3 is 0.876 bits per heavy atom. The summed E-state index contributed by atoms with van der Waals surface area (Å²) in [5, 5.41) is 11.9. The van der Waals surface area contributed by atoms with E-state index in [0.717, 1.165) is 103 Å². The highest BCUT2D eigenvalue weighted by atomic mass is 16.7. The number of carbonyl (C=O) groups excluding carboxylic acids is 3. The molecule has 2 atom stereocenters. The van der Waals surface area contributed by atoms with Gasteiger partial charge in [0, 0.05) is 12.8 Å². The van der Waals surface area contributed by atoms with E-state index in [1.807, 2.05) is 21.1 Å². The van der Waals surface area contributed by atoms with Gasteiger partial charge < -0.3 is 33.3 Å². The lowest BCUT2D eigenvalue weighted by atomic mass is 10.0. The monoisotopic (exact) mass is 1350 g/mol. The van der Waals surface area contributed by atoms with Gasteiger partial charge in [-0.05, 0) is 83.5 Å². The SMILES string of the molecule is CC/C=C\C/C=C\C/C=C\C/C=C\C/C=C\C/C=C\C/C=C\C/C=C\C/C=C\CCCCCCCCCCCC(=O)OC(COC(=O)CCCCCCCCCCCCCCCCCCCCCCCCCCCCCCCCCCCCC)COC(OCC[N+](C)(C)C)C(=O)[O-]. The van der Waals surface area contributed by atoms with Crippen molar-refractivity contribution in [2.45, 2.75) is 386 Å². The van der Waals surface area contributed by atoms with Crippen molar-refractivity contribution in [1.29, 1.82) is 0 Å². The van der Waals surface area contributed by atoms with Crippen LogP contribution in [0.1, 0.15) is 373 Å². The molecule has 0 spiro atoms. The molecule has 0 saturated carbocycles. The Morgan fingerprint density at radius 1 is 0.320 bits per heavy atom. The second-order valence-corrected chi connectivity index (χ2v) is 28.7. The first-order valence-corrected chi connectivity index (χ1v) is 41.0. The van der Waals surface area contributed by atoms with Gasteiger partial charge in [0.2, 0.25) is 0 Å². The number of allylic oxidation sites excluding steroid dienone is 18. The predicted molar refractivity (Wildman–Crippen MR) is 417 cm³/mol. The summed E-state index contributed by atoms with van der Waals surface area (Å²) in [6, 6.07) is 0. The highest BCUT2D eigenvalue weighted by Gasteiger charge is 2.22. The molecule has 9 heteroatoms. The van der Waals surface area contributed by atoms with Gasteiger partial charge in [-0.15, -0.1) is 0 Å². The maximum atomic E-state index is 13.0. The van der Waals surface area contributed by atoms with Gasteiger partial charge in [0.15, 0.2) is 12.4 Å². The number of carboxylic acids is 1. The van der Waals surface area contributed by atoms with E-state index in [4.69, 9.17) is 18.9 Å². The first-order valence-electron chi connectivity index (χ1n) is 41.0. The van der Waals surface area contributed by atoms with Crippen LogP contribution in [-0.2, 0) is 33.3 Å². The van der Waals surface area contributed by atoms with Crippen LogP contribution >= 0.6 is 0 Å². The lowest BCUT2D eigenvalue weighted by Gasteiger charge is -2.26. The molecule has 0 amide bonds. The number of rotatable bonds is 76. The van der Waals surface area contributed by atoms with E-state index >= 15 is 0 Å². The number of aliphatic carboxylic acids is 1. The first-order chi connectivity index (χ1) is 47.6. The van der Waals surface area contributed by atoms with E-state index in [-0.39, 0.29) is 32.2 Å². The number of unbranched alkanes of at least 4 members (excludes halogenated alkanes) is 43. The molecule has 2 unspecified atom stereocenters. The van der Waals surface area contributed by atoms with Gasteiger partial charge in [0.25, 0.3) is 0 Å². The molecule has 0 radical (unpaired) electrons. The molecule has 0 aliphatic heterocycles. The number of quaternary nitrogens is 1. The molecule has 0 aliphatic carbocycles. The summed E-state index contributed by atoms with van der Waals surface area (Å²) in [4.78, 5) is 37.6. The highest BCUT2D eigenvalue weighted by molar-refractivity contribution is 5.70. The predicted octanol–water partition coefficient (Wildman–Crippen LogP) is 25.1. The van der Waals surface area contributed by atoms with E-state index in [1.165, 1.54) is 238 Å². The normalized spacial score (nSPS) is 13.2. The van der Waals surface area contributed by atoms with Crippen molar-refractivity contribution >= 4 is 17.9 Å². The summed E-state index contributed by atoms with van der Waals surface area (Å²) in [5.41, 5.74) is 0. The maximum absolute atomic E-state index is 13.0. The number of likely N-dealkylation sites (N-methyl/N-ethyl adjacent to an activating group) is 1. The molecule has 0 heterocycles. The van der Waals surface area contributed by atoms with Crippen molar-refractivity contribution in [1.82, 2.24) is 0 Å². The standard InChI is InChI=1S/C88H155NO8/c1-6-8-10-12-14-16-18-20-22-24-26-28-30-32-34-36-38-40-42-43-45-47-49-51-53-55-57-59-61-63-65-67-69-71-73-75-77-79-86(91)97-84(83-96-88(87(92)93)94-81-80-89(3,4)5)82-95-85(90)78-76-74-72-70-68-66-64-62-60-58-56-54-52-50-48-46-44-41-39-37-35-33-31-29-27-25-23-21-19-17-15-13-11-9-7-2/h8,10,14,16,20,22,26,28,32,34,38,40,43,45,49,51,55,57,84,88H,6-7,9,11-13,15,17-19,21,23-25,27,29-31,33,35-37,39,41-42,44,46-48,50,52-54,56,58-83H2,1-5H3/b10-8-,16-14-,22-20-,28-26-,34-32-,40-38-,45-43-,51-49-,57-55-. The largest absolute Gasteiger partial charge is 0.545 e. The molecule has 0 fully saturated rings. The second-order valence-electron chi connectivity index (χ2n) is 28.7. The van der Waals surface area contributed by atoms with Gasteiger partial charge in [0.05, 0.1) is 40.3 Å². The number of hydrogen-bond donors (Lipinski definition) is 0. The van der Waals surface area contributed by atoms with Crippen LogP contribution in [0, 0.1) is 0 Å². The Kier molecular flexibility index (Phi) is 74.4. The third-order valence-corrected chi connectivity index (χ3v) is 18.0. The van der Waals surface area contributed by atoms with Crippen molar-refractivity contribution in [2.75, 3.05) is 47.5 Å². The molecule has 0 aromatic heterocycles. The van der Waals surface area contributed by atoms with Crippen molar-refractivity contribution in [3.8, 4) is 0 Å². The van der Waals surface area contributed by atoms with E-state index in [2.05, 4.69) is 123 Å². The number of carbonyl (C=O) groups is 3. The molecular formula is C88H155NO8. The van der Waals surface area contributed by atoms with Crippen LogP contribution in [0.2, 0.25) is 0 Å². The third kappa shape index (κ3) is 79.2. The van der Waals surface area contributed by atoms with Crippen molar-refractivity contribution in [3.63, 3.8) is 0 Å². The second kappa shape index (κ2) is 77.7. The zero-order chi connectivity index (χ0) is 70.4.